The first-order valence-electron chi connectivity index (χ1n) is 5.88. The second-order valence-electron chi connectivity index (χ2n) is 4.39. The van der Waals surface area contributed by atoms with Gasteiger partial charge in [-0.2, -0.15) is 0 Å². The van der Waals surface area contributed by atoms with Gasteiger partial charge in [-0.1, -0.05) is 11.6 Å². The van der Waals surface area contributed by atoms with Gasteiger partial charge in [0, 0.05) is 17.0 Å². The van der Waals surface area contributed by atoms with Crippen LogP contribution in [-0.4, -0.2) is 28.9 Å². The first-order chi connectivity index (χ1) is 9.29. The highest BCUT2D eigenvalue weighted by atomic mass is 35.5. The minimum absolute atomic E-state index is 0.0596. The van der Waals surface area contributed by atoms with Crippen LogP contribution in [0.5, 0.6) is 0 Å². The minimum Gasteiger partial charge on any atom is -0.480 e. The van der Waals surface area contributed by atoms with E-state index in [1.165, 1.54) is 6.07 Å². The lowest BCUT2D eigenvalue weighted by molar-refractivity contribution is -0.139. The number of carboxylic acid groups (broad SMARTS) is 1. The molecule has 4 N–H and O–H groups in total. The lowest BCUT2D eigenvalue weighted by atomic mass is 10.1. The highest BCUT2D eigenvalue weighted by Crippen LogP contribution is 2.14. The van der Waals surface area contributed by atoms with Crippen molar-refractivity contribution >= 4 is 29.4 Å². The van der Waals surface area contributed by atoms with Crippen LogP contribution in [0, 0.1) is 6.92 Å². The Hall–Kier alpha value is -2.08. The minimum atomic E-state index is -1.22. The number of primary amides is 1. The van der Waals surface area contributed by atoms with Crippen molar-refractivity contribution in [2.45, 2.75) is 25.8 Å². The summed E-state index contributed by atoms with van der Waals surface area (Å²) in [5.74, 6) is -2.41. The molecule has 0 heterocycles. The number of carbonyl (C=O) groups is 3. The van der Waals surface area contributed by atoms with Gasteiger partial charge in [0.25, 0.3) is 5.91 Å². The Kier molecular flexibility index (Phi) is 5.52. The monoisotopic (exact) mass is 298 g/mol. The van der Waals surface area contributed by atoms with E-state index >= 15 is 0 Å². The van der Waals surface area contributed by atoms with Gasteiger partial charge in [-0.15, -0.1) is 0 Å². The maximum absolute atomic E-state index is 12.0. The van der Waals surface area contributed by atoms with Crippen molar-refractivity contribution in [3.63, 3.8) is 0 Å². The van der Waals surface area contributed by atoms with E-state index in [1.807, 2.05) is 0 Å². The molecule has 0 unspecified atom stereocenters. The lowest BCUT2D eigenvalue weighted by Crippen LogP contribution is -2.41. The Balaban J connectivity index is 2.79. The van der Waals surface area contributed by atoms with Crippen molar-refractivity contribution in [3.05, 3.63) is 34.3 Å². The molecule has 108 valence electrons. The number of halogens is 1. The Morgan fingerprint density at radius 1 is 1.35 bits per heavy atom. The van der Waals surface area contributed by atoms with Crippen molar-refractivity contribution in [1.29, 1.82) is 0 Å². The molecule has 0 radical (unpaired) electrons. The van der Waals surface area contributed by atoms with Crippen LogP contribution in [-0.2, 0) is 9.59 Å². The highest BCUT2D eigenvalue weighted by molar-refractivity contribution is 6.31. The molecule has 0 fully saturated rings. The zero-order valence-corrected chi connectivity index (χ0v) is 11.6. The average molecular weight is 299 g/mol. The molecular formula is C13H15ClN2O4. The van der Waals surface area contributed by atoms with Crippen molar-refractivity contribution in [3.8, 4) is 0 Å². The van der Waals surface area contributed by atoms with Crippen molar-refractivity contribution in [2.75, 3.05) is 0 Å². The molecule has 0 aliphatic carbocycles. The predicted molar refractivity (Wildman–Crippen MR) is 73.5 cm³/mol. The molecule has 1 atom stereocenters. The predicted octanol–water partition coefficient (Wildman–Crippen LogP) is 1.10. The third-order valence-corrected chi connectivity index (χ3v) is 2.81. The molecule has 0 bridgehead atoms. The second-order valence-corrected chi connectivity index (χ2v) is 4.82. The number of amides is 2. The van der Waals surface area contributed by atoms with E-state index in [0.717, 1.165) is 5.56 Å². The Morgan fingerprint density at radius 3 is 2.50 bits per heavy atom. The quantitative estimate of drug-likeness (QED) is 0.730. The molecule has 1 rings (SSSR count). The largest absolute Gasteiger partial charge is 0.480 e. The maximum atomic E-state index is 12.0. The van der Waals surface area contributed by atoms with Crippen LogP contribution < -0.4 is 11.1 Å². The van der Waals surface area contributed by atoms with Gasteiger partial charge in [-0.05, 0) is 37.1 Å². The first kappa shape index (κ1) is 16.0. The summed E-state index contributed by atoms with van der Waals surface area (Å²) in [6.07, 6.45) is -0.179. The fourth-order valence-corrected chi connectivity index (χ4v) is 1.94. The van der Waals surface area contributed by atoms with E-state index in [1.54, 1.807) is 19.1 Å². The summed E-state index contributed by atoms with van der Waals surface area (Å²) >= 11 is 5.84. The fourth-order valence-electron chi connectivity index (χ4n) is 1.65. The number of aliphatic carboxylic acids is 1. The summed E-state index contributed by atoms with van der Waals surface area (Å²) in [7, 11) is 0. The van der Waals surface area contributed by atoms with Crippen molar-refractivity contribution in [1.82, 2.24) is 5.32 Å². The Labute approximate surface area is 120 Å². The van der Waals surface area contributed by atoms with E-state index in [-0.39, 0.29) is 18.4 Å². The number of hydrogen-bond acceptors (Lipinski definition) is 3. The van der Waals surface area contributed by atoms with Crippen LogP contribution in [0.3, 0.4) is 0 Å². The summed E-state index contributed by atoms with van der Waals surface area (Å²) in [6.45, 7) is 1.77. The number of rotatable bonds is 6. The number of nitrogens with two attached hydrogens (primary N) is 1. The Morgan fingerprint density at radius 2 is 2.00 bits per heavy atom. The van der Waals surface area contributed by atoms with Crippen LogP contribution in [0.25, 0.3) is 0 Å². The van der Waals surface area contributed by atoms with Crippen molar-refractivity contribution < 1.29 is 19.5 Å². The zero-order valence-electron chi connectivity index (χ0n) is 10.9. The third-order valence-electron chi connectivity index (χ3n) is 2.59. The molecule has 0 saturated heterocycles. The highest BCUT2D eigenvalue weighted by Gasteiger charge is 2.21. The van der Waals surface area contributed by atoms with Gasteiger partial charge in [-0.25, -0.2) is 4.79 Å². The molecule has 7 heteroatoms. The molecule has 1 aromatic rings. The standard InChI is InChI=1S/C13H15ClN2O4/c1-7-4-8(6-9(14)5-7)12(18)16-10(13(19)20)2-3-11(15)17/h4-6,10H,2-3H2,1H3,(H2,15,17)(H,16,18)(H,19,20)/t10-/m0/s1. The normalized spacial score (nSPS) is 11.7. The zero-order chi connectivity index (χ0) is 15.3. The van der Waals surface area contributed by atoms with Gasteiger partial charge in [-0.3, -0.25) is 9.59 Å². The smallest absolute Gasteiger partial charge is 0.326 e. The summed E-state index contributed by atoms with van der Waals surface area (Å²) in [5.41, 5.74) is 6.01. The van der Waals surface area contributed by atoms with Crippen molar-refractivity contribution in [2.24, 2.45) is 5.73 Å². The van der Waals surface area contributed by atoms with Gasteiger partial charge in [0.05, 0.1) is 0 Å². The van der Waals surface area contributed by atoms with Gasteiger partial charge in [0.15, 0.2) is 0 Å². The number of carboxylic acids is 1. The van der Waals surface area contributed by atoms with E-state index in [9.17, 15) is 14.4 Å². The van der Waals surface area contributed by atoms with Crippen LogP contribution >= 0.6 is 11.6 Å². The molecule has 20 heavy (non-hydrogen) atoms. The molecule has 0 aromatic heterocycles. The molecule has 6 nitrogen and oxygen atoms in total. The number of benzene rings is 1. The maximum Gasteiger partial charge on any atom is 0.326 e. The summed E-state index contributed by atoms with van der Waals surface area (Å²) in [5, 5.41) is 11.7. The van der Waals surface area contributed by atoms with Crippen LogP contribution in [0.15, 0.2) is 18.2 Å². The SMILES string of the molecule is Cc1cc(Cl)cc(C(=O)N[C@@H](CCC(N)=O)C(=O)O)c1. The average Bonchev–Trinajstić information content (AvgIpc) is 2.32. The van der Waals surface area contributed by atoms with Gasteiger partial charge < -0.3 is 16.2 Å². The van der Waals surface area contributed by atoms with Gasteiger partial charge >= 0.3 is 5.97 Å². The first-order valence-corrected chi connectivity index (χ1v) is 6.26. The molecule has 1 aromatic carbocycles. The molecule has 0 saturated carbocycles. The second kappa shape index (κ2) is 6.91. The molecule has 2 amide bonds. The van der Waals surface area contributed by atoms with Gasteiger partial charge in [0.1, 0.15) is 6.04 Å². The van der Waals surface area contributed by atoms with Crippen LogP contribution in [0.1, 0.15) is 28.8 Å². The van der Waals surface area contributed by atoms with E-state index in [4.69, 9.17) is 22.4 Å². The Bertz CT molecular complexity index is 525. The van der Waals surface area contributed by atoms with E-state index in [0.29, 0.717) is 5.02 Å². The number of carbonyl (C=O) groups excluding carboxylic acids is 2. The van der Waals surface area contributed by atoms with Crippen LogP contribution in [0.2, 0.25) is 5.02 Å². The summed E-state index contributed by atoms with van der Waals surface area (Å²) in [4.78, 5) is 33.6. The fraction of sp³-hybridized carbons (Fsp3) is 0.308. The van der Waals surface area contributed by atoms with E-state index < -0.39 is 23.8 Å². The summed E-state index contributed by atoms with van der Waals surface area (Å²) in [6, 6.07) is 3.54. The van der Waals surface area contributed by atoms with Crippen LogP contribution in [0.4, 0.5) is 0 Å². The number of aryl methyl sites for hydroxylation is 1. The molecular weight excluding hydrogens is 284 g/mol. The molecule has 0 spiro atoms. The summed E-state index contributed by atoms with van der Waals surface area (Å²) < 4.78 is 0. The lowest BCUT2D eigenvalue weighted by Gasteiger charge is -2.14. The molecule has 0 aliphatic heterocycles. The molecule has 0 aliphatic rings. The number of hydrogen-bond donors (Lipinski definition) is 3. The van der Waals surface area contributed by atoms with E-state index in [2.05, 4.69) is 5.32 Å². The number of nitrogens with one attached hydrogen (secondary N) is 1. The third kappa shape index (κ3) is 4.89. The van der Waals surface area contributed by atoms with Gasteiger partial charge in [0.2, 0.25) is 5.91 Å². The topological polar surface area (TPSA) is 109 Å².